The lowest BCUT2D eigenvalue weighted by Crippen LogP contribution is -2.47. The van der Waals surface area contributed by atoms with Crippen molar-refractivity contribution in [3.8, 4) is 0 Å². The number of nitrogens with one attached hydrogen (secondary N) is 1. The summed E-state index contributed by atoms with van der Waals surface area (Å²) in [6, 6.07) is 0.390. The van der Waals surface area contributed by atoms with Gasteiger partial charge in [0, 0.05) is 26.1 Å². The van der Waals surface area contributed by atoms with E-state index in [-0.39, 0.29) is 17.9 Å². The molecule has 1 saturated carbocycles. The van der Waals surface area contributed by atoms with Gasteiger partial charge >= 0.3 is 12.0 Å². The molecule has 2 amide bonds. The molecule has 2 N–H and O–H groups in total. The summed E-state index contributed by atoms with van der Waals surface area (Å²) in [5, 5.41) is 11.8. The highest BCUT2D eigenvalue weighted by molar-refractivity contribution is 5.74. The number of urea groups is 1. The highest BCUT2D eigenvalue weighted by Gasteiger charge is 2.27. The number of hydrogen-bond acceptors (Lipinski definition) is 2. The van der Waals surface area contributed by atoms with Crippen LogP contribution in [0.3, 0.4) is 0 Å². The van der Waals surface area contributed by atoms with Crippen LogP contribution in [0.5, 0.6) is 0 Å². The predicted octanol–water partition coefficient (Wildman–Crippen LogP) is 3.10. The van der Waals surface area contributed by atoms with Crippen molar-refractivity contribution in [1.29, 1.82) is 0 Å². The van der Waals surface area contributed by atoms with Crippen LogP contribution in [0, 0.1) is 11.3 Å². The monoisotopic (exact) mass is 298 g/mol. The van der Waals surface area contributed by atoms with Crippen molar-refractivity contribution in [2.24, 2.45) is 11.3 Å². The van der Waals surface area contributed by atoms with Crippen LogP contribution < -0.4 is 5.32 Å². The number of aliphatic carboxylic acids is 1. The third-order valence-electron chi connectivity index (χ3n) is 4.64. The van der Waals surface area contributed by atoms with E-state index in [1.165, 1.54) is 6.42 Å². The van der Waals surface area contributed by atoms with Crippen molar-refractivity contribution in [3.63, 3.8) is 0 Å². The zero-order valence-corrected chi connectivity index (χ0v) is 13.8. The van der Waals surface area contributed by atoms with Crippen molar-refractivity contribution in [2.75, 3.05) is 13.6 Å². The summed E-state index contributed by atoms with van der Waals surface area (Å²) in [6.07, 6.45) is 5.09. The van der Waals surface area contributed by atoms with Crippen molar-refractivity contribution >= 4 is 12.0 Å². The Morgan fingerprint density at radius 2 is 1.90 bits per heavy atom. The Bertz CT molecular complexity index is 359. The second-order valence-corrected chi connectivity index (χ2v) is 7.21. The first-order chi connectivity index (χ1) is 9.71. The van der Waals surface area contributed by atoms with Gasteiger partial charge in [0.25, 0.3) is 0 Å². The van der Waals surface area contributed by atoms with E-state index in [0.29, 0.717) is 24.9 Å². The molecule has 0 heterocycles. The molecule has 1 aliphatic carbocycles. The lowest BCUT2D eigenvalue weighted by Gasteiger charge is -2.35. The number of carbonyl (C=O) groups is 2. The van der Waals surface area contributed by atoms with Crippen molar-refractivity contribution < 1.29 is 14.7 Å². The van der Waals surface area contributed by atoms with Crippen LogP contribution in [0.2, 0.25) is 0 Å². The van der Waals surface area contributed by atoms with Gasteiger partial charge in [-0.15, -0.1) is 0 Å². The van der Waals surface area contributed by atoms with Crippen LogP contribution in [0.1, 0.15) is 59.3 Å². The smallest absolute Gasteiger partial charge is 0.317 e. The van der Waals surface area contributed by atoms with Crippen LogP contribution in [-0.4, -0.2) is 41.6 Å². The molecule has 5 heteroatoms. The molecule has 1 atom stereocenters. The van der Waals surface area contributed by atoms with E-state index in [4.69, 9.17) is 5.11 Å². The first kappa shape index (κ1) is 17.8. The number of nitrogens with zero attached hydrogens (tertiary/aromatic N) is 1. The second kappa shape index (κ2) is 7.66. The van der Waals surface area contributed by atoms with Gasteiger partial charge in [0.1, 0.15) is 0 Å². The molecular formula is C16H30N2O3. The molecule has 1 aliphatic rings. The third-order valence-corrected chi connectivity index (χ3v) is 4.64. The summed E-state index contributed by atoms with van der Waals surface area (Å²) in [7, 11) is 1.85. The lowest BCUT2D eigenvalue weighted by atomic mass is 9.76. The molecule has 1 rings (SSSR count). The first-order valence-electron chi connectivity index (χ1n) is 7.94. The van der Waals surface area contributed by atoms with E-state index in [2.05, 4.69) is 26.1 Å². The molecule has 0 aromatic rings. The Hall–Kier alpha value is -1.26. The number of carbonyl (C=O) groups excluding carboxylic acids is 1. The zero-order chi connectivity index (χ0) is 16.0. The fraction of sp³-hybridized carbons (Fsp3) is 0.875. The molecule has 122 valence electrons. The molecule has 0 radical (unpaired) electrons. The van der Waals surface area contributed by atoms with Gasteiger partial charge < -0.3 is 15.3 Å². The quantitative estimate of drug-likeness (QED) is 0.759. The minimum absolute atomic E-state index is 0.00871. The Balaban J connectivity index is 2.34. The van der Waals surface area contributed by atoms with Gasteiger partial charge in [-0.1, -0.05) is 20.8 Å². The summed E-state index contributed by atoms with van der Waals surface area (Å²) >= 11 is 0. The maximum atomic E-state index is 12.0. The molecule has 21 heavy (non-hydrogen) atoms. The molecule has 1 fully saturated rings. The summed E-state index contributed by atoms with van der Waals surface area (Å²) < 4.78 is 0. The Labute approximate surface area is 128 Å². The average molecular weight is 298 g/mol. The Kier molecular flexibility index (Phi) is 6.49. The number of carboxylic acids is 1. The normalized spacial score (nSPS) is 17.0. The molecule has 5 nitrogen and oxygen atoms in total. The number of rotatable bonds is 7. The van der Waals surface area contributed by atoms with Gasteiger partial charge in [-0.25, -0.2) is 4.79 Å². The van der Waals surface area contributed by atoms with E-state index in [1.807, 2.05) is 7.05 Å². The molecule has 0 saturated heterocycles. The fourth-order valence-corrected chi connectivity index (χ4v) is 2.73. The maximum absolute atomic E-state index is 12.0. The predicted molar refractivity (Wildman–Crippen MR) is 83.2 cm³/mol. The van der Waals surface area contributed by atoms with Crippen molar-refractivity contribution in [1.82, 2.24) is 10.2 Å². The van der Waals surface area contributed by atoms with Crippen LogP contribution in [-0.2, 0) is 4.79 Å². The molecule has 0 aromatic heterocycles. The molecule has 0 spiro atoms. The van der Waals surface area contributed by atoms with E-state index in [9.17, 15) is 9.59 Å². The summed E-state index contributed by atoms with van der Waals surface area (Å²) in [5.41, 5.74) is 0.0556. The summed E-state index contributed by atoms with van der Waals surface area (Å²) in [5.74, 6) is -0.457. The van der Waals surface area contributed by atoms with E-state index in [1.54, 1.807) is 4.90 Å². The second-order valence-electron chi connectivity index (χ2n) is 7.21. The van der Waals surface area contributed by atoms with Gasteiger partial charge in [0.2, 0.25) is 0 Å². The van der Waals surface area contributed by atoms with Gasteiger partial charge in [-0.05, 0) is 43.4 Å². The van der Waals surface area contributed by atoms with Crippen molar-refractivity contribution in [2.45, 2.75) is 65.3 Å². The van der Waals surface area contributed by atoms with Crippen LogP contribution >= 0.6 is 0 Å². The van der Waals surface area contributed by atoms with E-state index >= 15 is 0 Å². The molecule has 1 unspecified atom stereocenters. The maximum Gasteiger partial charge on any atom is 0.317 e. The number of amides is 2. The minimum Gasteiger partial charge on any atom is -0.481 e. The van der Waals surface area contributed by atoms with Crippen LogP contribution in [0.25, 0.3) is 0 Å². The SMILES string of the molecule is CN(C(=O)NCCC(CCC(=O)O)C(C)(C)C)C1CCC1. The minimum atomic E-state index is -0.752. The van der Waals surface area contributed by atoms with Gasteiger partial charge in [0.15, 0.2) is 0 Å². The number of hydrogen-bond donors (Lipinski definition) is 2. The number of carboxylic acid groups (broad SMARTS) is 1. The standard InChI is InChI=1S/C16H30N2O3/c1-16(2,3)12(8-9-14(19)20)10-11-17-15(21)18(4)13-6-5-7-13/h12-13H,5-11H2,1-4H3,(H,17,21)(H,19,20). The summed E-state index contributed by atoms with van der Waals surface area (Å²) in [4.78, 5) is 24.5. The third kappa shape index (κ3) is 5.94. The zero-order valence-electron chi connectivity index (χ0n) is 13.8. The van der Waals surface area contributed by atoms with Crippen LogP contribution in [0.15, 0.2) is 0 Å². The van der Waals surface area contributed by atoms with Gasteiger partial charge in [-0.2, -0.15) is 0 Å². The van der Waals surface area contributed by atoms with Gasteiger partial charge in [0.05, 0.1) is 0 Å². The Morgan fingerprint density at radius 3 is 2.33 bits per heavy atom. The molecule has 0 aliphatic heterocycles. The summed E-state index contributed by atoms with van der Waals surface area (Å²) in [6.45, 7) is 6.99. The lowest BCUT2D eigenvalue weighted by molar-refractivity contribution is -0.137. The van der Waals surface area contributed by atoms with Crippen molar-refractivity contribution in [3.05, 3.63) is 0 Å². The molecule has 0 aromatic carbocycles. The van der Waals surface area contributed by atoms with E-state index < -0.39 is 5.97 Å². The largest absolute Gasteiger partial charge is 0.481 e. The highest BCUT2D eigenvalue weighted by Crippen LogP contribution is 2.32. The topological polar surface area (TPSA) is 69.6 Å². The molecular weight excluding hydrogens is 268 g/mol. The Morgan fingerprint density at radius 1 is 1.29 bits per heavy atom. The molecule has 0 bridgehead atoms. The first-order valence-corrected chi connectivity index (χ1v) is 7.94. The van der Waals surface area contributed by atoms with E-state index in [0.717, 1.165) is 19.3 Å². The fourth-order valence-electron chi connectivity index (χ4n) is 2.73. The van der Waals surface area contributed by atoms with Gasteiger partial charge in [-0.3, -0.25) is 4.79 Å². The van der Waals surface area contributed by atoms with Crippen LogP contribution in [0.4, 0.5) is 4.79 Å². The highest BCUT2D eigenvalue weighted by atomic mass is 16.4. The average Bonchev–Trinajstić information content (AvgIpc) is 2.28.